The number of nitrogens with one attached hydrogen (secondary N) is 1. The minimum atomic E-state index is -4.26. The quantitative estimate of drug-likeness (QED) is 0.256. The van der Waals surface area contributed by atoms with Crippen molar-refractivity contribution in [2.45, 2.75) is 57.6 Å². The summed E-state index contributed by atoms with van der Waals surface area (Å²) in [7, 11) is -4.26. The maximum atomic E-state index is 14.1. The third-order valence-electron chi connectivity index (χ3n) is 6.52. The van der Waals surface area contributed by atoms with E-state index in [1.165, 1.54) is 29.2 Å². The molecule has 3 rings (SSSR count). The molecule has 0 aliphatic carbocycles. The monoisotopic (exact) mass is 619 g/mol. The molecule has 0 aliphatic rings. The van der Waals surface area contributed by atoms with Crippen molar-refractivity contribution in [2.75, 3.05) is 17.5 Å². The highest BCUT2D eigenvalue weighted by molar-refractivity contribution is 7.92. The van der Waals surface area contributed by atoms with Crippen molar-refractivity contribution in [3.63, 3.8) is 0 Å². The molecule has 220 valence electrons. The van der Waals surface area contributed by atoms with E-state index in [4.69, 9.17) is 27.9 Å². The summed E-state index contributed by atoms with van der Waals surface area (Å²) < 4.78 is 34.8. The second-order valence-electron chi connectivity index (χ2n) is 9.51. The SMILES string of the molecule is CCOc1ccccc1N(CC(=O)N(Cc1cccc(Cl)c1)[C@H](C)C(=O)N[C@H](C)CC)S(=O)(=O)c1ccc(Cl)cc1. The Kier molecular flexibility index (Phi) is 11.5. The maximum Gasteiger partial charge on any atom is 0.264 e. The lowest BCUT2D eigenvalue weighted by molar-refractivity contribution is -0.139. The number of rotatable bonds is 13. The fourth-order valence-electron chi connectivity index (χ4n) is 4.07. The van der Waals surface area contributed by atoms with Crippen LogP contribution in [0.25, 0.3) is 0 Å². The largest absolute Gasteiger partial charge is 0.492 e. The summed E-state index contributed by atoms with van der Waals surface area (Å²) in [5, 5.41) is 3.76. The van der Waals surface area contributed by atoms with E-state index >= 15 is 0 Å². The van der Waals surface area contributed by atoms with Crippen LogP contribution in [0.3, 0.4) is 0 Å². The molecule has 0 saturated carbocycles. The molecule has 0 fully saturated rings. The lowest BCUT2D eigenvalue weighted by atomic mass is 10.1. The van der Waals surface area contributed by atoms with E-state index in [1.54, 1.807) is 62.4 Å². The zero-order chi connectivity index (χ0) is 30.2. The topological polar surface area (TPSA) is 96.0 Å². The zero-order valence-electron chi connectivity index (χ0n) is 23.5. The van der Waals surface area contributed by atoms with Gasteiger partial charge in [0.15, 0.2) is 0 Å². The summed E-state index contributed by atoms with van der Waals surface area (Å²) in [6, 6.07) is 18.2. The molecule has 0 unspecified atom stereocenters. The van der Waals surface area contributed by atoms with E-state index in [9.17, 15) is 18.0 Å². The Morgan fingerprint density at radius 2 is 1.61 bits per heavy atom. The van der Waals surface area contributed by atoms with Gasteiger partial charge >= 0.3 is 0 Å². The number of carbonyl (C=O) groups is 2. The van der Waals surface area contributed by atoms with Gasteiger partial charge in [0.2, 0.25) is 11.8 Å². The van der Waals surface area contributed by atoms with Gasteiger partial charge < -0.3 is 15.0 Å². The van der Waals surface area contributed by atoms with Gasteiger partial charge in [0.1, 0.15) is 18.3 Å². The molecule has 0 radical (unpaired) electrons. The van der Waals surface area contributed by atoms with E-state index < -0.39 is 28.5 Å². The number of hydrogen-bond donors (Lipinski definition) is 1. The van der Waals surface area contributed by atoms with Crippen molar-refractivity contribution in [1.82, 2.24) is 10.2 Å². The van der Waals surface area contributed by atoms with Gasteiger partial charge in [-0.3, -0.25) is 13.9 Å². The molecule has 0 aliphatic heterocycles. The first-order valence-electron chi connectivity index (χ1n) is 13.3. The first kappa shape index (κ1) is 32.2. The lowest BCUT2D eigenvalue weighted by Gasteiger charge is -2.33. The predicted molar refractivity (Wildman–Crippen MR) is 163 cm³/mol. The van der Waals surface area contributed by atoms with Crippen molar-refractivity contribution in [2.24, 2.45) is 0 Å². The highest BCUT2D eigenvalue weighted by Gasteiger charge is 2.34. The van der Waals surface area contributed by atoms with Crippen molar-refractivity contribution < 1.29 is 22.7 Å². The van der Waals surface area contributed by atoms with Crippen molar-refractivity contribution >= 4 is 50.7 Å². The second kappa shape index (κ2) is 14.6. The van der Waals surface area contributed by atoms with Gasteiger partial charge in [-0.15, -0.1) is 0 Å². The molecule has 0 spiro atoms. The van der Waals surface area contributed by atoms with Crippen molar-refractivity contribution in [1.29, 1.82) is 0 Å². The van der Waals surface area contributed by atoms with E-state index in [1.807, 2.05) is 13.8 Å². The van der Waals surface area contributed by atoms with Crippen LogP contribution in [0.1, 0.15) is 39.7 Å². The third kappa shape index (κ3) is 8.38. The molecule has 0 heterocycles. The summed E-state index contributed by atoms with van der Waals surface area (Å²) in [5.41, 5.74) is 0.882. The summed E-state index contributed by atoms with van der Waals surface area (Å²) >= 11 is 12.2. The van der Waals surface area contributed by atoms with Gasteiger partial charge in [-0.25, -0.2) is 8.42 Å². The van der Waals surface area contributed by atoms with Crippen LogP contribution in [0, 0.1) is 0 Å². The van der Waals surface area contributed by atoms with E-state index in [2.05, 4.69) is 5.32 Å². The van der Waals surface area contributed by atoms with Crippen LogP contribution in [0.2, 0.25) is 10.0 Å². The summed E-state index contributed by atoms with van der Waals surface area (Å²) in [5.74, 6) is -0.638. The smallest absolute Gasteiger partial charge is 0.264 e. The molecular weight excluding hydrogens is 585 g/mol. The molecule has 0 saturated heterocycles. The number of hydrogen-bond acceptors (Lipinski definition) is 5. The predicted octanol–water partition coefficient (Wildman–Crippen LogP) is 5.92. The Morgan fingerprint density at radius 3 is 2.24 bits per heavy atom. The Bertz CT molecular complexity index is 1450. The molecular formula is C30H35Cl2N3O5S. The molecule has 1 N–H and O–H groups in total. The van der Waals surface area contributed by atoms with Crippen molar-refractivity contribution in [3.8, 4) is 5.75 Å². The first-order valence-corrected chi connectivity index (χ1v) is 15.5. The first-order chi connectivity index (χ1) is 19.5. The molecule has 2 atom stereocenters. The minimum Gasteiger partial charge on any atom is -0.492 e. The Morgan fingerprint density at radius 1 is 0.927 bits per heavy atom. The third-order valence-corrected chi connectivity index (χ3v) is 8.79. The van der Waals surface area contributed by atoms with Gasteiger partial charge in [0.05, 0.1) is 17.2 Å². The Hall–Kier alpha value is -3.27. The number of para-hydroxylation sites is 2. The summed E-state index contributed by atoms with van der Waals surface area (Å²) in [6.45, 7) is 6.95. The number of carbonyl (C=O) groups excluding carboxylic acids is 2. The summed E-state index contributed by atoms with van der Waals surface area (Å²) in [6.07, 6.45) is 0.710. The highest BCUT2D eigenvalue weighted by Crippen LogP contribution is 2.33. The van der Waals surface area contributed by atoms with Gasteiger partial charge in [-0.1, -0.05) is 54.4 Å². The number of benzene rings is 3. The number of ether oxygens (including phenoxy) is 1. The molecule has 0 bridgehead atoms. The molecule has 8 nitrogen and oxygen atoms in total. The zero-order valence-corrected chi connectivity index (χ0v) is 25.8. The number of sulfonamides is 1. The van der Waals surface area contributed by atoms with Gasteiger partial charge in [-0.2, -0.15) is 0 Å². The van der Waals surface area contributed by atoms with Crippen LogP contribution >= 0.6 is 23.2 Å². The van der Waals surface area contributed by atoms with Gasteiger partial charge in [-0.05, 0) is 81.3 Å². The van der Waals surface area contributed by atoms with E-state index in [0.29, 0.717) is 27.8 Å². The Labute approximate surface area is 252 Å². The van der Waals surface area contributed by atoms with Crippen LogP contribution in [0.4, 0.5) is 5.69 Å². The number of halogens is 2. The van der Waals surface area contributed by atoms with Crippen LogP contribution in [-0.2, 0) is 26.2 Å². The number of nitrogens with zero attached hydrogens (tertiary/aromatic N) is 2. The van der Waals surface area contributed by atoms with Crippen LogP contribution < -0.4 is 14.4 Å². The molecule has 3 aromatic carbocycles. The second-order valence-corrected chi connectivity index (χ2v) is 12.2. The fraction of sp³-hybridized carbons (Fsp3) is 0.333. The number of amides is 2. The maximum absolute atomic E-state index is 14.1. The fourth-order valence-corrected chi connectivity index (χ4v) is 5.83. The summed E-state index contributed by atoms with van der Waals surface area (Å²) in [4.78, 5) is 28.5. The lowest BCUT2D eigenvalue weighted by Crippen LogP contribution is -2.52. The average Bonchev–Trinajstić information content (AvgIpc) is 2.95. The number of anilines is 1. The molecule has 41 heavy (non-hydrogen) atoms. The highest BCUT2D eigenvalue weighted by atomic mass is 35.5. The minimum absolute atomic E-state index is 0.0381. The van der Waals surface area contributed by atoms with Gasteiger partial charge in [0.25, 0.3) is 10.0 Å². The van der Waals surface area contributed by atoms with Crippen LogP contribution in [0.5, 0.6) is 5.75 Å². The van der Waals surface area contributed by atoms with E-state index in [0.717, 1.165) is 4.31 Å². The standard InChI is InChI=1S/C30H35Cl2N3O5S/c1-5-21(3)33-30(37)22(4)34(19-23-10-9-11-25(32)18-23)29(36)20-35(27-12-7-8-13-28(27)40-6-2)41(38,39)26-16-14-24(31)15-17-26/h7-18,21-22H,5-6,19-20H2,1-4H3,(H,33,37)/t21-,22-/m1/s1. The van der Waals surface area contributed by atoms with Crippen LogP contribution in [0.15, 0.2) is 77.7 Å². The molecule has 11 heteroatoms. The molecule has 3 aromatic rings. The molecule has 0 aromatic heterocycles. The normalized spacial score (nSPS) is 12.7. The molecule has 2 amide bonds. The van der Waals surface area contributed by atoms with Crippen LogP contribution in [-0.4, -0.2) is 50.4 Å². The van der Waals surface area contributed by atoms with Gasteiger partial charge in [0, 0.05) is 22.6 Å². The average molecular weight is 621 g/mol. The van der Waals surface area contributed by atoms with Crippen molar-refractivity contribution in [3.05, 3.63) is 88.4 Å². The van der Waals surface area contributed by atoms with E-state index in [-0.39, 0.29) is 35.7 Å². The Balaban J connectivity index is 2.08.